The molecule has 0 bridgehead atoms. The zero-order chi connectivity index (χ0) is 19.0. The molecule has 0 spiro atoms. The summed E-state index contributed by atoms with van der Waals surface area (Å²) < 4.78 is 13.7. The molecule has 0 aliphatic carbocycles. The second kappa shape index (κ2) is 6.87. The number of H-pyrrole nitrogens is 2. The van der Waals surface area contributed by atoms with Crippen LogP contribution in [0.15, 0.2) is 67.2 Å². The Kier molecular flexibility index (Phi) is 4.40. The summed E-state index contributed by atoms with van der Waals surface area (Å²) in [6.45, 7) is 0. The van der Waals surface area contributed by atoms with E-state index in [4.69, 9.17) is 20.5 Å². The Balaban J connectivity index is 1.84. The van der Waals surface area contributed by atoms with Crippen molar-refractivity contribution in [3.8, 4) is 11.4 Å². The molecule has 0 aliphatic heterocycles. The van der Waals surface area contributed by atoms with Gasteiger partial charge in [-0.05, 0) is 0 Å². The molecule has 0 saturated heterocycles. The van der Waals surface area contributed by atoms with Crippen LogP contribution in [0.5, 0.6) is 0 Å². The van der Waals surface area contributed by atoms with Crippen LogP contribution in [0.3, 0.4) is 0 Å². The summed E-state index contributed by atoms with van der Waals surface area (Å²) in [5.74, 6) is 0. The molecule has 0 unspecified atom stereocenters. The van der Waals surface area contributed by atoms with Crippen molar-refractivity contribution in [3.63, 3.8) is 0 Å². The van der Waals surface area contributed by atoms with Gasteiger partial charge >= 0.3 is 164 Å². The van der Waals surface area contributed by atoms with Gasteiger partial charge in [-0.3, -0.25) is 0 Å². The molecular weight excluding hydrogens is 541 g/mol. The molecule has 0 radical (unpaired) electrons. The number of aromatic amines is 2. The first kappa shape index (κ1) is 17.3. The van der Waals surface area contributed by atoms with Gasteiger partial charge in [-0.25, -0.2) is 0 Å². The van der Waals surface area contributed by atoms with Crippen LogP contribution in [0.1, 0.15) is 0 Å². The molecule has 4 aromatic rings. The molecule has 11 heteroatoms. The van der Waals surface area contributed by atoms with Crippen LogP contribution in [-0.2, 0) is 24.6 Å². The standard InChI is InChI=1S/2C8H7N3O2.Hg/c2*9-6-3-1-2-4-7(6)11-5-8(12)13-10-11;/h2*1-4,10H,9H2;/q2*+1;. The normalized spacial score (nSPS) is 10.7. The number of aromatic nitrogens is 4. The summed E-state index contributed by atoms with van der Waals surface area (Å²) in [7, 11) is 0. The maximum atomic E-state index is 12.3. The minimum absolute atomic E-state index is 0.392. The number of nitrogens with one attached hydrogen (secondary N) is 2. The summed E-state index contributed by atoms with van der Waals surface area (Å²) in [6.07, 6.45) is 0. The van der Waals surface area contributed by atoms with Gasteiger partial charge in [-0.1, -0.05) is 0 Å². The fourth-order valence-corrected chi connectivity index (χ4v) is 8.79. The first-order valence-electron chi connectivity index (χ1n) is 8.01. The predicted molar refractivity (Wildman–Crippen MR) is 89.8 cm³/mol. The first-order chi connectivity index (χ1) is 13.1. The Morgan fingerprint density at radius 2 is 1.15 bits per heavy atom. The number of nitrogen functional groups attached to an aromatic ring is 2. The van der Waals surface area contributed by atoms with Gasteiger partial charge in [0.05, 0.1) is 0 Å². The quantitative estimate of drug-likeness (QED) is 0.130. The zero-order valence-electron chi connectivity index (χ0n) is 14.0. The monoisotopic (exact) mass is 556 g/mol. The summed E-state index contributed by atoms with van der Waals surface area (Å²) in [4.78, 5) is 24.6. The third-order valence-electron chi connectivity index (χ3n) is 4.16. The van der Waals surface area contributed by atoms with Crippen molar-refractivity contribution in [1.82, 2.24) is 10.5 Å². The topological polar surface area (TPSA) is 152 Å². The van der Waals surface area contributed by atoms with E-state index in [1.807, 2.05) is 0 Å². The van der Waals surface area contributed by atoms with Crippen LogP contribution in [0.2, 0.25) is 0 Å². The number of rotatable bonds is 4. The summed E-state index contributed by atoms with van der Waals surface area (Å²) in [5, 5.41) is 5.12. The second-order valence-electron chi connectivity index (χ2n) is 5.82. The molecule has 0 aliphatic rings. The Bertz CT molecular complexity index is 1140. The molecule has 4 rings (SSSR count). The predicted octanol–water partition coefficient (Wildman–Crippen LogP) is -2.00. The van der Waals surface area contributed by atoms with E-state index in [0.29, 0.717) is 29.2 Å². The van der Waals surface area contributed by atoms with Gasteiger partial charge < -0.3 is 0 Å². The number of para-hydroxylation sites is 4. The number of hydrogen-bond acceptors (Lipinski definition) is 6. The molecule has 10 nitrogen and oxygen atoms in total. The fraction of sp³-hybridized carbons (Fsp3) is 0. The van der Waals surface area contributed by atoms with Gasteiger partial charge in [0.25, 0.3) is 0 Å². The molecule has 0 atom stereocenters. The third kappa shape index (κ3) is 3.08. The Morgan fingerprint density at radius 1 is 0.741 bits per heavy atom. The number of nitrogens with zero attached hydrogens (tertiary/aromatic N) is 2. The van der Waals surface area contributed by atoms with E-state index in [2.05, 4.69) is 10.5 Å². The Labute approximate surface area is 163 Å². The molecule has 0 saturated carbocycles. The van der Waals surface area contributed by atoms with E-state index >= 15 is 0 Å². The second-order valence-corrected chi connectivity index (χ2v) is 12.4. The number of anilines is 2. The van der Waals surface area contributed by atoms with E-state index in [9.17, 15) is 9.59 Å². The molecule has 6 N–H and O–H groups in total. The van der Waals surface area contributed by atoms with E-state index < -0.39 is 35.8 Å². The van der Waals surface area contributed by atoms with E-state index in [-0.39, 0.29) is 0 Å². The van der Waals surface area contributed by atoms with Crippen LogP contribution in [0, 0.1) is 0 Å². The van der Waals surface area contributed by atoms with Crippen molar-refractivity contribution in [2.24, 2.45) is 0 Å². The van der Waals surface area contributed by atoms with Crippen LogP contribution < -0.4 is 38.5 Å². The molecule has 2 heterocycles. The number of hydrogen-bond donors (Lipinski definition) is 4. The Morgan fingerprint density at radius 3 is 1.56 bits per heavy atom. The number of benzene rings is 2. The number of nitrogens with two attached hydrogens (primary N) is 2. The summed E-state index contributed by atoms with van der Waals surface area (Å²) in [6, 6.07) is 14.1. The van der Waals surface area contributed by atoms with E-state index in [0.717, 1.165) is 0 Å². The van der Waals surface area contributed by atoms with Crippen molar-refractivity contribution in [3.05, 3.63) is 69.4 Å². The summed E-state index contributed by atoms with van der Waals surface area (Å²) in [5.41, 5.74) is 13.0. The van der Waals surface area contributed by atoms with Crippen molar-refractivity contribution in [2.75, 3.05) is 11.5 Å². The van der Waals surface area contributed by atoms with Crippen LogP contribution in [0.25, 0.3) is 11.4 Å². The van der Waals surface area contributed by atoms with Crippen LogP contribution in [0.4, 0.5) is 11.4 Å². The van der Waals surface area contributed by atoms with Gasteiger partial charge in [0, 0.05) is 0 Å². The van der Waals surface area contributed by atoms with Gasteiger partial charge in [0.2, 0.25) is 0 Å². The average Bonchev–Trinajstić information content (AvgIpc) is 3.20. The molecule has 0 amide bonds. The zero-order valence-corrected chi connectivity index (χ0v) is 19.5. The third-order valence-corrected chi connectivity index (χ3v) is 11.5. The first-order valence-corrected chi connectivity index (χ1v) is 13.5. The molecular formula is C16H14HgN6O4+2. The maximum absolute atomic E-state index is 12.3. The molecule has 2 aromatic heterocycles. The molecule has 2 aromatic carbocycles. The molecule has 132 valence electrons. The van der Waals surface area contributed by atoms with Crippen molar-refractivity contribution < 1.29 is 43.0 Å². The van der Waals surface area contributed by atoms with Crippen molar-refractivity contribution >= 4 is 17.8 Å². The minimum atomic E-state index is -2.58. The van der Waals surface area contributed by atoms with Gasteiger partial charge in [0.15, 0.2) is 0 Å². The van der Waals surface area contributed by atoms with Crippen molar-refractivity contribution in [1.29, 1.82) is 0 Å². The molecule has 0 fully saturated rings. The van der Waals surface area contributed by atoms with Gasteiger partial charge in [0.1, 0.15) is 0 Å². The molecule has 27 heavy (non-hydrogen) atoms. The van der Waals surface area contributed by atoms with E-state index in [1.54, 1.807) is 48.5 Å². The van der Waals surface area contributed by atoms with E-state index in [1.165, 1.54) is 9.36 Å². The SMILES string of the molecule is Nc1ccccc1-[n+]1[nH]oc(=O)[c]1[Hg][c]1c(=O)o[nH][n+]1-c1ccccc1N. The van der Waals surface area contributed by atoms with Crippen LogP contribution in [-0.4, -0.2) is 10.5 Å². The van der Waals surface area contributed by atoms with Crippen LogP contribution >= 0.6 is 0 Å². The summed E-state index contributed by atoms with van der Waals surface area (Å²) >= 11 is -2.58. The Hall–Kier alpha value is -3.14. The van der Waals surface area contributed by atoms with Crippen molar-refractivity contribution in [2.45, 2.75) is 0 Å². The van der Waals surface area contributed by atoms with Gasteiger partial charge in [-0.15, -0.1) is 0 Å². The fourth-order valence-electron chi connectivity index (χ4n) is 2.82. The average molecular weight is 555 g/mol. The van der Waals surface area contributed by atoms with Gasteiger partial charge in [-0.2, -0.15) is 0 Å².